The van der Waals surface area contributed by atoms with E-state index in [0.29, 0.717) is 0 Å². The van der Waals surface area contributed by atoms with Crippen LogP contribution in [0.2, 0.25) is 0 Å². The van der Waals surface area contributed by atoms with Crippen LogP contribution in [-0.2, 0) is 11.2 Å². The normalized spacial score (nSPS) is 14.4. The Kier molecular flexibility index (Phi) is 4.74. The summed E-state index contributed by atoms with van der Waals surface area (Å²) in [6, 6.07) is 17.4. The Balaban J connectivity index is 1.42. The number of pyridine rings is 2. The maximum absolute atomic E-state index is 5.45. The molecule has 5 heteroatoms. The van der Waals surface area contributed by atoms with Gasteiger partial charge in [0.2, 0.25) is 0 Å². The van der Waals surface area contributed by atoms with Gasteiger partial charge in [-0.1, -0.05) is 18.2 Å². The number of aryl methyl sites for hydroxylation is 1. The van der Waals surface area contributed by atoms with Gasteiger partial charge in [0.15, 0.2) is 0 Å². The number of hydrogen-bond donors (Lipinski definition) is 0. The van der Waals surface area contributed by atoms with Gasteiger partial charge < -0.3 is 9.64 Å². The molecule has 5 nitrogen and oxygen atoms in total. The van der Waals surface area contributed by atoms with Crippen LogP contribution in [0.4, 0.5) is 5.69 Å². The Morgan fingerprint density at radius 2 is 1.76 bits per heavy atom. The summed E-state index contributed by atoms with van der Waals surface area (Å²) in [6.07, 6.45) is 6.67. The number of benzene rings is 1. The second-order valence-corrected chi connectivity index (χ2v) is 7.50. The van der Waals surface area contributed by atoms with Crippen LogP contribution in [0.25, 0.3) is 16.9 Å². The molecule has 1 saturated heterocycles. The summed E-state index contributed by atoms with van der Waals surface area (Å²) in [6.45, 7) is 5.54. The lowest BCUT2D eigenvalue weighted by Gasteiger charge is -2.28. The summed E-state index contributed by atoms with van der Waals surface area (Å²) in [5, 5.41) is 0. The predicted octanol–water partition coefficient (Wildman–Crippen LogP) is 4.13. The molecule has 1 fully saturated rings. The van der Waals surface area contributed by atoms with Gasteiger partial charge in [-0.15, -0.1) is 0 Å². The molecule has 0 atom stereocenters. The molecule has 0 radical (unpaired) electrons. The third kappa shape index (κ3) is 3.61. The number of aromatic nitrogens is 3. The van der Waals surface area contributed by atoms with Crippen molar-refractivity contribution in [3.05, 3.63) is 83.9 Å². The lowest BCUT2D eigenvalue weighted by atomic mass is 10.0. The number of anilines is 1. The van der Waals surface area contributed by atoms with Crippen LogP contribution < -0.4 is 4.90 Å². The lowest BCUT2D eigenvalue weighted by molar-refractivity contribution is 0.122. The van der Waals surface area contributed by atoms with E-state index in [-0.39, 0.29) is 0 Å². The first-order chi connectivity index (χ1) is 14.3. The summed E-state index contributed by atoms with van der Waals surface area (Å²) in [5.41, 5.74) is 8.00. The van der Waals surface area contributed by atoms with Crippen LogP contribution in [0.3, 0.4) is 0 Å². The molecule has 0 spiro atoms. The zero-order valence-corrected chi connectivity index (χ0v) is 16.6. The van der Waals surface area contributed by atoms with Gasteiger partial charge in [0.05, 0.1) is 18.9 Å². The zero-order chi connectivity index (χ0) is 19.6. The van der Waals surface area contributed by atoms with E-state index in [9.17, 15) is 0 Å². The van der Waals surface area contributed by atoms with E-state index >= 15 is 0 Å². The van der Waals surface area contributed by atoms with Gasteiger partial charge in [0, 0.05) is 55.0 Å². The van der Waals surface area contributed by atoms with Crippen molar-refractivity contribution in [1.82, 2.24) is 14.4 Å². The highest BCUT2D eigenvalue weighted by Crippen LogP contribution is 2.25. The number of imidazole rings is 1. The predicted molar refractivity (Wildman–Crippen MR) is 115 cm³/mol. The molecule has 0 aliphatic carbocycles. The molecule has 0 bridgehead atoms. The quantitative estimate of drug-likeness (QED) is 0.531. The molecular weight excluding hydrogens is 360 g/mol. The smallest absolute Gasteiger partial charge is 0.140 e. The van der Waals surface area contributed by atoms with Crippen molar-refractivity contribution < 1.29 is 4.74 Å². The molecular formula is C24H24N4O. The van der Waals surface area contributed by atoms with Crippen LogP contribution in [-0.4, -0.2) is 40.7 Å². The Bertz CT molecular complexity index is 1110. The highest BCUT2D eigenvalue weighted by molar-refractivity contribution is 5.65. The highest BCUT2D eigenvalue weighted by atomic mass is 16.5. The fourth-order valence-electron chi connectivity index (χ4n) is 3.93. The molecule has 1 aliphatic rings. The minimum Gasteiger partial charge on any atom is -0.378 e. The lowest BCUT2D eigenvalue weighted by Crippen LogP contribution is -2.36. The maximum Gasteiger partial charge on any atom is 0.140 e. The fourth-order valence-corrected chi connectivity index (χ4v) is 3.93. The SMILES string of the molecule is Cc1ccc(-c2ccc(Cc3ccc(N4CCOCC4)cc3)c3nccn23)cn1. The van der Waals surface area contributed by atoms with Gasteiger partial charge in [0.1, 0.15) is 5.65 Å². The Morgan fingerprint density at radius 3 is 2.52 bits per heavy atom. The van der Waals surface area contributed by atoms with Crippen LogP contribution in [0.15, 0.2) is 67.1 Å². The first-order valence-electron chi connectivity index (χ1n) is 10.1. The average molecular weight is 384 g/mol. The number of rotatable bonds is 4. The molecule has 4 heterocycles. The average Bonchev–Trinajstić information content (AvgIpc) is 3.26. The molecule has 5 rings (SSSR count). The Hall–Kier alpha value is -3.18. The maximum atomic E-state index is 5.45. The van der Waals surface area contributed by atoms with Crippen molar-refractivity contribution >= 4 is 11.3 Å². The van der Waals surface area contributed by atoms with Gasteiger partial charge in [-0.3, -0.25) is 9.38 Å². The van der Waals surface area contributed by atoms with E-state index < -0.39 is 0 Å². The molecule has 0 unspecified atom stereocenters. The van der Waals surface area contributed by atoms with Crippen molar-refractivity contribution in [1.29, 1.82) is 0 Å². The molecule has 146 valence electrons. The topological polar surface area (TPSA) is 42.7 Å². The minimum absolute atomic E-state index is 0.808. The number of fused-ring (bicyclic) bond motifs is 1. The number of ether oxygens (including phenoxy) is 1. The van der Waals surface area contributed by atoms with Gasteiger partial charge in [-0.25, -0.2) is 4.98 Å². The Labute approximate surface area is 170 Å². The van der Waals surface area contributed by atoms with Gasteiger partial charge in [0.25, 0.3) is 0 Å². The fraction of sp³-hybridized carbons (Fsp3) is 0.250. The minimum atomic E-state index is 0.808. The molecule has 1 aliphatic heterocycles. The van der Waals surface area contributed by atoms with Crippen molar-refractivity contribution in [2.24, 2.45) is 0 Å². The van der Waals surface area contributed by atoms with Crippen LogP contribution in [0.5, 0.6) is 0 Å². The first kappa shape index (κ1) is 17.9. The molecule has 0 amide bonds. The van der Waals surface area contributed by atoms with Gasteiger partial charge in [-0.05, 0) is 48.4 Å². The van der Waals surface area contributed by atoms with Gasteiger partial charge >= 0.3 is 0 Å². The highest BCUT2D eigenvalue weighted by Gasteiger charge is 2.12. The third-order valence-electron chi connectivity index (χ3n) is 5.54. The third-order valence-corrected chi connectivity index (χ3v) is 5.54. The largest absolute Gasteiger partial charge is 0.378 e. The monoisotopic (exact) mass is 384 g/mol. The van der Waals surface area contributed by atoms with Crippen LogP contribution in [0.1, 0.15) is 16.8 Å². The molecule has 3 aromatic heterocycles. The zero-order valence-electron chi connectivity index (χ0n) is 16.6. The van der Waals surface area contributed by atoms with Crippen molar-refractivity contribution in [3.63, 3.8) is 0 Å². The summed E-state index contributed by atoms with van der Waals surface area (Å²) < 4.78 is 7.61. The molecule has 29 heavy (non-hydrogen) atoms. The van der Waals surface area contributed by atoms with E-state index in [1.165, 1.54) is 16.8 Å². The van der Waals surface area contributed by atoms with Crippen molar-refractivity contribution in [2.45, 2.75) is 13.3 Å². The summed E-state index contributed by atoms with van der Waals surface area (Å²) in [7, 11) is 0. The first-order valence-corrected chi connectivity index (χ1v) is 10.1. The van der Waals surface area contributed by atoms with Gasteiger partial charge in [-0.2, -0.15) is 0 Å². The van der Waals surface area contributed by atoms with E-state index in [1.54, 1.807) is 0 Å². The molecule has 0 saturated carbocycles. The molecule has 0 N–H and O–H groups in total. The number of hydrogen-bond acceptors (Lipinski definition) is 4. The van der Waals surface area contributed by atoms with E-state index in [0.717, 1.165) is 55.3 Å². The van der Waals surface area contributed by atoms with E-state index in [2.05, 4.69) is 61.7 Å². The summed E-state index contributed by atoms with van der Waals surface area (Å²) in [5.74, 6) is 0. The molecule has 1 aromatic carbocycles. The molecule has 4 aromatic rings. The second-order valence-electron chi connectivity index (χ2n) is 7.50. The van der Waals surface area contributed by atoms with E-state index in [1.807, 2.05) is 31.6 Å². The van der Waals surface area contributed by atoms with E-state index in [4.69, 9.17) is 4.74 Å². The van der Waals surface area contributed by atoms with Crippen molar-refractivity contribution in [2.75, 3.05) is 31.2 Å². The number of nitrogens with zero attached hydrogens (tertiary/aromatic N) is 4. The standard InChI is InChI=1S/C24H24N4O/c1-18-2-5-21(17-26-18)23-9-6-20(24-25-10-11-28(23)24)16-19-3-7-22(8-4-19)27-12-14-29-15-13-27/h2-11,17H,12-16H2,1H3. The van der Waals surface area contributed by atoms with Crippen LogP contribution in [0, 0.1) is 6.92 Å². The Morgan fingerprint density at radius 1 is 0.931 bits per heavy atom. The second kappa shape index (κ2) is 7.68. The van der Waals surface area contributed by atoms with Crippen LogP contribution >= 0.6 is 0 Å². The number of morpholine rings is 1. The summed E-state index contributed by atoms with van der Waals surface area (Å²) >= 11 is 0. The van der Waals surface area contributed by atoms with Crippen molar-refractivity contribution in [3.8, 4) is 11.3 Å². The summed E-state index contributed by atoms with van der Waals surface area (Å²) in [4.78, 5) is 11.4.